The van der Waals surface area contributed by atoms with Crippen molar-refractivity contribution in [3.63, 3.8) is 0 Å². The van der Waals surface area contributed by atoms with E-state index in [1.807, 2.05) is 0 Å². The van der Waals surface area contributed by atoms with Crippen molar-refractivity contribution in [3.8, 4) is 0 Å². The topological polar surface area (TPSA) is 89.9 Å². The summed E-state index contributed by atoms with van der Waals surface area (Å²) in [4.78, 5) is 23.8. The van der Waals surface area contributed by atoms with Gasteiger partial charge in [-0.05, 0) is 31.6 Å². The molecule has 6 heteroatoms. The Hall–Kier alpha value is -1.30. The van der Waals surface area contributed by atoms with Crippen LogP contribution in [0.25, 0.3) is 0 Å². The SMILES string of the molecule is CN(CCO)C(=O)NCC1CCC(C(=O)O)CC1. The zero-order valence-electron chi connectivity index (χ0n) is 10.8. The summed E-state index contributed by atoms with van der Waals surface area (Å²) in [5, 5.41) is 20.4. The van der Waals surface area contributed by atoms with Gasteiger partial charge in [-0.3, -0.25) is 4.79 Å². The average Bonchev–Trinajstić information content (AvgIpc) is 2.36. The number of aliphatic carboxylic acids is 1. The number of hydrogen-bond acceptors (Lipinski definition) is 3. The van der Waals surface area contributed by atoms with Gasteiger partial charge in [0, 0.05) is 20.1 Å². The van der Waals surface area contributed by atoms with Gasteiger partial charge in [-0.2, -0.15) is 0 Å². The lowest BCUT2D eigenvalue weighted by Crippen LogP contribution is -2.41. The van der Waals surface area contributed by atoms with E-state index in [0.29, 0.717) is 31.8 Å². The Labute approximate surface area is 107 Å². The van der Waals surface area contributed by atoms with E-state index in [0.717, 1.165) is 12.8 Å². The predicted molar refractivity (Wildman–Crippen MR) is 66.2 cm³/mol. The Kier molecular flexibility index (Phi) is 5.91. The van der Waals surface area contributed by atoms with Crippen molar-refractivity contribution in [2.24, 2.45) is 11.8 Å². The van der Waals surface area contributed by atoms with Crippen LogP contribution in [0.3, 0.4) is 0 Å². The normalized spacial score (nSPS) is 23.4. The number of aliphatic hydroxyl groups excluding tert-OH is 1. The molecule has 2 amide bonds. The highest BCUT2D eigenvalue weighted by Gasteiger charge is 2.26. The summed E-state index contributed by atoms with van der Waals surface area (Å²) in [6.45, 7) is 0.853. The van der Waals surface area contributed by atoms with Crippen molar-refractivity contribution < 1.29 is 19.8 Å². The van der Waals surface area contributed by atoms with Crippen LogP contribution in [0.4, 0.5) is 4.79 Å². The molecule has 1 aliphatic rings. The summed E-state index contributed by atoms with van der Waals surface area (Å²) < 4.78 is 0. The quantitative estimate of drug-likeness (QED) is 0.670. The van der Waals surface area contributed by atoms with Crippen LogP contribution in [0.15, 0.2) is 0 Å². The molecule has 0 atom stereocenters. The van der Waals surface area contributed by atoms with Gasteiger partial charge in [-0.25, -0.2) is 4.79 Å². The molecule has 0 aliphatic heterocycles. The number of rotatable bonds is 5. The fourth-order valence-electron chi connectivity index (χ4n) is 2.23. The number of nitrogens with one attached hydrogen (secondary N) is 1. The molecule has 0 aromatic carbocycles. The number of urea groups is 1. The highest BCUT2D eigenvalue weighted by Crippen LogP contribution is 2.28. The number of amides is 2. The fourth-order valence-corrected chi connectivity index (χ4v) is 2.23. The third-order valence-corrected chi connectivity index (χ3v) is 3.52. The molecule has 0 unspecified atom stereocenters. The first-order valence-electron chi connectivity index (χ1n) is 6.37. The summed E-state index contributed by atoms with van der Waals surface area (Å²) in [5.74, 6) is -0.554. The first-order chi connectivity index (χ1) is 8.54. The maximum Gasteiger partial charge on any atom is 0.317 e. The third-order valence-electron chi connectivity index (χ3n) is 3.52. The molecule has 0 radical (unpaired) electrons. The van der Waals surface area contributed by atoms with Crippen molar-refractivity contribution in [1.82, 2.24) is 10.2 Å². The van der Waals surface area contributed by atoms with Crippen LogP contribution in [0.1, 0.15) is 25.7 Å². The summed E-state index contributed by atoms with van der Waals surface area (Å²) in [6, 6.07) is -0.190. The number of carboxylic acids is 1. The van der Waals surface area contributed by atoms with E-state index in [1.54, 1.807) is 7.05 Å². The lowest BCUT2D eigenvalue weighted by atomic mass is 9.82. The van der Waals surface area contributed by atoms with E-state index in [4.69, 9.17) is 10.2 Å². The first kappa shape index (κ1) is 14.8. The van der Waals surface area contributed by atoms with Gasteiger partial charge in [-0.15, -0.1) is 0 Å². The summed E-state index contributed by atoms with van der Waals surface area (Å²) in [7, 11) is 1.63. The molecule has 1 fully saturated rings. The summed E-state index contributed by atoms with van der Waals surface area (Å²) in [6.07, 6.45) is 3.09. The van der Waals surface area contributed by atoms with E-state index in [-0.39, 0.29) is 18.6 Å². The van der Waals surface area contributed by atoms with Crippen molar-refractivity contribution >= 4 is 12.0 Å². The first-order valence-corrected chi connectivity index (χ1v) is 6.37. The minimum atomic E-state index is -0.708. The molecule has 18 heavy (non-hydrogen) atoms. The van der Waals surface area contributed by atoms with Crippen molar-refractivity contribution in [3.05, 3.63) is 0 Å². The van der Waals surface area contributed by atoms with Crippen LogP contribution in [-0.2, 0) is 4.79 Å². The zero-order chi connectivity index (χ0) is 13.5. The number of carbonyl (C=O) groups is 2. The number of likely N-dealkylation sites (N-methyl/N-ethyl adjacent to an activating group) is 1. The summed E-state index contributed by atoms with van der Waals surface area (Å²) >= 11 is 0. The molecule has 1 saturated carbocycles. The van der Waals surface area contributed by atoms with E-state index in [9.17, 15) is 9.59 Å². The third kappa shape index (κ3) is 4.52. The van der Waals surface area contributed by atoms with Crippen LogP contribution in [0.2, 0.25) is 0 Å². The Morgan fingerprint density at radius 2 is 1.89 bits per heavy atom. The number of aliphatic hydroxyl groups is 1. The maximum absolute atomic E-state index is 11.6. The maximum atomic E-state index is 11.6. The van der Waals surface area contributed by atoms with Crippen molar-refractivity contribution in [2.75, 3.05) is 26.7 Å². The van der Waals surface area contributed by atoms with Gasteiger partial charge in [0.2, 0.25) is 0 Å². The van der Waals surface area contributed by atoms with Crippen LogP contribution in [0, 0.1) is 11.8 Å². The molecule has 0 bridgehead atoms. The smallest absolute Gasteiger partial charge is 0.317 e. The van der Waals surface area contributed by atoms with Gasteiger partial charge in [0.15, 0.2) is 0 Å². The van der Waals surface area contributed by atoms with Gasteiger partial charge in [-0.1, -0.05) is 0 Å². The van der Waals surface area contributed by atoms with Crippen LogP contribution in [0.5, 0.6) is 0 Å². The van der Waals surface area contributed by atoms with Crippen molar-refractivity contribution in [2.45, 2.75) is 25.7 Å². The van der Waals surface area contributed by atoms with Gasteiger partial charge in [0.05, 0.1) is 12.5 Å². The number of hydrogen-bond donors (Lipinski definition) is 3. The molecule has 0 aromatic rings. The Morgan fingerprint density at radius 3 is 2.39 bits per heavy atom. The van der Waals surface area contributed by atoms with Crippen LogP contribution >= 0.6 is 0 Å². The van der Waals surface area contributed by atoms with Gasteiger partial charge in [0.25, 0.3) is 0 Å². The Morgan fingerprint density at radius 1 is 1.28 bits per heavy atom. The molecule has 0 saturated heterocycles. The molecule has 1 rings (SSSR count). The van der Waals surface area contributed by atoms with Crippen LogP contribution < -0.4 is 5.32 Å². The van der Waals surface area contributed by atoms with E-state index < -0.39 is 5.97 Å². The summed E-state index contributed by atoms with van der Waals surface area (Å²) in [5.41, 5.74) is 0. The second kappa shape index (κ2) is 7.20. The van der Waals surface area contributed by atoms with Gasteiger partial charge >= 0.3 is 12.0 Å². The number of carbonyl (C=O) groups excluding carboxylic acids is 1. The second-order valence-electron chi connectivity index (χ2n) is 4.89. The predicted octanol–water partition coefficient (Wildman–Crippen LogP) is 0.511. The highest BCUT2D eigenvalue weighted by atomic mass is 16.4. The van der Waals surface area contributed by atoms with E-state index in [1.165, 1.54) is 4.90 Å². The monoisotopic (exact) mass is 258 g/mol. The van der Waals surface area contributed by atoms with Crippen LogP contribution in [-0.4, -0.2) is 53.9 Å². The number of carboxylic acid groups (broad SMARTS) is 1. The lowest BCUT2D eigenvalue weighted by Gasteiger charge is -2.27. The van der Waals surface area contributed by atoms with Gasteiger partial charge in [0.1, 0.15) is 0 Å². The minimum Gasteiger partial charge on any atom is -0.481 e. The fraction of sp³-hybridized carbons (Fsp3) is 0.833. The Bertz CT molecular complexity index is 288. The van der Waals surface area contributed by atoms with Gasteiger partial charge < -0.3 is 20.4 Å². The van der Waals surface area contributed by atoms with E-state index >= 15 is 0 Å². The lowest BCUT2D eigenvalue weighted by molar-refractivity contribution is -0.143. The molecular formula is C12H22N2O4. The molecule has 6 nitrogen and oxygen atoms in total. The highest BCUT2D eigenvalue weighted by molar-refractivity contribution is 5.73. The standard InChI is InChI=1S/C12H22N2O4/c1-14(6-7-15)12(18)13-8-9-2-4-10(5-3-9)11(16)17/h9-10,15H,2-8H2,1H3,(H,13,18)(H,16,17). The molecule has 0 spiro atoms. The number of nitrogens with zero attached hydrogens (tertiary/aromatic N) is 1. The molecule has 104 valence electrons. The van der Waals surface area contributed by atoms with Crippen molar-refractivity contribution in [1.29, 1.82) is 0 Å². The Balaban J connectivity index is 2.21. The zero-order valence-corrected chi connectivity index (χ0v) is 10.8. The average molecular weight is 258 g/mol. The molecule has 0 aromatic heterocycles. The largest absolute Gasteiger partial charge is 0.481 e. The second-order valence-corrected chi connectivity index (χ2v) is 4.89. The van der Waals surface area contributed by atoms with E-state index in [2.05, 4.69) is 5.32 Å². The minimum absolute atomic E-state index is 0.0480. The molecular weight excluding hydrogens is 236 g/mol. The molecule has 1 aliphatic carbocycles. The molecule has 0 heterocycles. The molecule has 3 N–H and O–H groups in total.